The predicted molar refractivity (Wildman–Crippen MR) is 82.0 cm³/mol. The van der Waals surface area contributed by atoms with Crippen molar-refractivity contribution < 1.29 is 9.53 Å². The Morgan fingerprint density at radius 2 is 1.95 bits per heavy atom. The van der Waals surface area contributed by atoms with Gasteiger partial charge in [-0.2, -0.15) is 0 Å². The average molecular weight is 284 g/mol. The van der Waals surface area contributed by atoms with Gasteiger partial charge in [0.05, 0.1) is 5.56 Å². The molecule has 2 bridgehead atoms. The van der Waals surface area contributed by atoms with Gasteiger partial charge in [-0.1, -0.05) is 31.0 Å². The molecule has 0 N–H and O–H groups in total. The van der Waals surface area contributed by atoms with Crippen molar-refractivity contribution in [3.63, 3.8) is 0 Å². The van der Waals surface area contributed by atoms with Crippen LogP contribution in [0.3, 0.4) is 0 Å². The normalized spacial score (nSPS) is 37.8. The van der Waals surface area contributed by atoms with Crippen molar-refractivity contribution in [2.24, 2.45) is 17.3 Å². The molecule has 5 rings (SSSR count). The highest BCUT2D eigenvalue weighted by atomic mass is 16.5. The topological polar surface area (TPSA) is 26.3 Å². The SMILES string of the molecule is O=C(O[C@@H]1C[C@@]23CCCC[C@H]2C[C@@H]1CC3)c1ccccc1. The lowest BCUT2D eigenvalue weighted by Crippen LogP contribution is -2.51. The predicted octanol–water partition coefficient (Wildman–Crippen LogP) is 4.59. The number of fused-ring (bicyclic) bond motifs is 2. The molecular formula is C19H24O2. The minimum atomic E-state index is -0.128. The molecule has 0 aromatic heterocycles. The van der Waals surface area contributed by atoms with Crippen LogP contribution in [0.2, 0.25) is 0 Å². The molecular weight excluding hydrogens is 260 g/mol. The number of rotatable bonds is 2. The number of carbonyl (C=O) groups is 1. The molecule has 2 nitrogen and oxygen atoms in total. The molecule has 2 heteroatoms. The number of esters is 1. The first-order valence-electron chi connectivity index (χ1n) is 8.53. The van der Waals surface area contributed by atoms with Gasteiger partial charge in [0.1, 0.15) is 6.10 Å². The van der Waals surface area contributed by atoms with E-state index in [1.165, 1.54) is 44.9 Å². The summed E-state index contributed by atoms with van der Waals surface area (Å²) in [5.41, 5.74) is 1.20. The molecule has 4 aliphatic carbocycles. The van der Waals surface area contributed by atoms with Gasteiger partial charge in [-0.3, -0.25) is 0 Å². The Bertz CT molecular complexity index is 520. The van der Waals surface area contributed by atoms with E-state index in [1.807, 2.05) is 30.3 Å². The van der Waals surface area contributed by atoms with Crippen LogP contribution in [0.25, 0.3) is 0 Å². The van der Waals surface area contributed by atoms with Crippen molar-refractivity contribution in [3.05, 3.63) is 35.9 Å². The zero-order valence-electron chi connectivity index (χ0n) is 12.6. The monoisotopic (exact) mass is 284 g/mol. The first kappa shape index (κ1) is 13.4. The summed E-state index contributed by atoms with van der Waals surface area (Å²) in [6.07, 6.45) is 10.8. The first-order chi connectivity index (χ1) is 10.3. The van der Waals surface area contributed by atoms with Gasteiger partial charge < -0.3 is 4.74 Å². The number of hydrogen-bond acceptors (Lipinski definition) is 2. The largest absolute Gasteiger partial charge is 0.458 e. The van der Waals surface area contributed by atoms with E-state index in [0.29, 0.717) is 16.9 Å². The highest BCUT2D eigenvalue weighted by molar-refractivity contribution is 5.89. The van der Waals surface area contributed by atoms with Crippen LogP contribution >= 0.6 is 0 Å². The van der Waals surface area contributed by atoms with Crippen molar-refractivity contribution in [2.75, 3.05) is 0 Å². The fraction of sp³-hybridized carbons (Fsp3) is 0.632. The number of hydrogen-bond donors (Lipinski definition) is 0. The van der Waals surface area contributed by atoms with Crippen LogP contribution in [0.1, 0.15) is 61.7 Å². The van der Waals surface area contributed by atoms with Crippen LogP contribution in [0.4, 0.5) is 0 Å². The molecule has 1 aromatic rings. The minimum absolute atomic E-state index is 0.128. The summed E-state index contributed by atoms with van der Waals surface area (Å²) in [7, 11) is 0. The summed E-state index contributed by atoms with van der Waals surface area (Å²) < 4.78 is 5.92. The third-order valence-electron chi connectivity index (χ3n) is 6.34. The molecule has 0 radical (unpaired) electrons. The van der Waals surface area contributed by atoms with E-state index < -0.39 is 0 Å². The molecule has 4 atom stereocenters. The summed E-state index contributed by atoms with van der Waals surface area (Å²) in [5.74, 6) is 1.40. The van der Waals surface area contributed by atoms with Gasteiger partial charge in [-0.25, -0.2) is 4.79 Å². The van der Waals surface area contributed by atoms with Crippen LogP contribution in [-0.2, 0) is 4.74 Å². The summed E-state index contributed by atoms with van der Waals surface area (Å²) in [6, 6.07) is 9.44. The summed E-state index contributed by atoms with van der Waals surface area (Å²) in [4.78, 5) is 12.3. The van der Waals surface area contributed by atoms with E-state index in [0.717, 1.165) is 12.3 Å². The lowest BCUT2D eigenvalue weighted by Gasteiger charge is -2.57. The standard InChI is InChI=1S/C19H24O2/c20-18(14-6-2-1-3-7-14)21-17-13-19-10-5-4-8-16(19)12-15(17)9-11-19/h1-3,6-7,15-17H,4-5,8-13H2/t15-,16-,17+,19-/m0/s1. The average Bonchev–Trinajstić information content (AvgIpc) is 2.55. The molecule has 0 saturated heterocycles. The molecule has 1 spiro atoms. The summed E-state index contributed by atoms with van der Waals surface area (Å²) in [5, 5.41) is 0. The highest BCUT2D eigenvalue weighted by Crippen LogP contribution is 2.60. The first-order valence-corrected chi connectivity index (χ1v) is 8.53. The van der Waals surface area contributed by atoms with Crippen LogP contribution in [0.15, 0.2) is 30.3 Å². The third-order valence-corrected chi connectivity index (χ3v) is 6.34. The van der Waals surface area contributed by atoms with E-state index in [-0.39, 0.29) is 12.1 Å². The van der Waals surface area contributed by atoms with Crippen molar-refractivity contribution >= 4 is 5.97 Å². The smallest absolute Gasteiger partial charge is 0.338 e. The Balaban J connectivity index is 1.49. The van der Waals surface area contributed by atoms with Crippen molar-refractivity contribution in [1.29, 1.82) is 0 Å². The maximum Gasteiger partial charge on any atom is 0.338 e. The van der Waals surface area contributed by atoms with E-state index >= 15 is 0 Å². The maximum absolute atomic E-state index is 12.3. The molecule has 0 unspecified atom stereocenters. The van der Waals surface area contributed by atoms with Gasteiger partial charge in [0, 0.05) is 0 Å². The zero-order chi connectivity index (χ0) is 14.3. The third kappa shape index (κ3) is 2.29. The number of ether oxygens (including phenoxy) is 1. The minimum Gasteiger partial charge on any atom is -0.458 e. The molecule has 4 saturated carbocycles. The Morgan fingerprint density at radius 1 is 1.10 bits per heavy atom. The molecule has 0 amide bonds. The molecule has 0 heterocycles. The summed E-state index contributed by atoms with van der Waals surface area (Å²) in [6.45, 7) is 0. The molecule has 21 heavy (non-hydrogen) atoms. The summed E-state index contributed by atoms with van der Waals surface area (Å²) >= 11 is 0. The molecule has 4 aliphatic rings. The van der Waals surface area contributed by atoms with Crippen LogP contribution in [0.5, 0.6) is 0 Å². The number of benzene rings is 1. The lowest BCUT2D eigenvalue weighted by molar-refractivity contribution is -0.115. The number of carbonyl (C=O) groups excluding carboxylic acids is 1. The van der Waals surface area contributed by atoms with Crippen LogP contribution in [-0.4, -0.2) is 12.1 Å². The quantitative estimate of drug-likeness (QED) is 0.742. The molecule has 4 fully saturated rings. The Kier molecular flexibility index (Phi) is 3.28. The van der Waals surface area contributed by atoms with Gasteiger partial charge in [-0.15, -0.1) is 0 Å². The van der Waals surface area contributed by atoms with E-state index in [9.17, 15) is 4.79 Å². The Hall–Kier alpha value is -1.31. The van der Waals surface area contributed by atoms with Crippen LogP contribution < -0.4 is 0 Å². The van der Waals surface area contributed by atoms with Crippen molar-refractivity contribution in [1.82, 2.24) is 0 Å². The van der Waals surface area contributed by atoms with Gasteiger partial charge in [0.2, 0.25) is 0 Å². The molecule has 0 aliphatic heterocycles. The Morgan fingerprint density at radius 3 is 2.81 bits per heavy atom. The Labute approximate surface area is 126 Å². The van der Waals surface area contributed by atoms with Gasteiger partial charge in [0.25, 0.3) is 0 Å². The zero-order valence-corrected chi connectivity index (χ0v) is 12.6. The second-order valence-corrected chi connectivity index (χ2v) is 7.35. The van der Waals surface area contributed by atoms with Crippen molar-refractivity contribution in [2.45, 2.75) is 57.5 Å². The van der Waals surface area contributed by atoms with Crippen LogP contribution in [0, 0.1) is 17.3 Å². The lowest BCUT2D eigenvalue weighted by atomic mass is 9.50. The molecule has 1 aromatic carbocycles. The fourth-order valence-corrected chi connectivity index (χ4v) is 5.22. The fourth-order valence-electron chi connectivity index (χ4n) is 5.22. The van der Waals surface area contributed by atoms with Crippen molar-refractivity contribution in [3.8, 4) is 0 Å². The van der Waals surface area contributed by atoms with E-state index in [4.69, 9.17) is 4.74 Å². The maximum atomic E-state index is 12.3. The van der Waals surface area contributed by atoms with Gasteiger partial charge in [-0.05, 0) is 67.9 Å². The van der Waals surface area contributed by atoms with E-state index in [1.54, 1.807) is 0 Å². The van der Waals surface area contributed by atoms with Gasteiger partial charge in [0.15, 0.2) is 0 Å². The second-order valence-electron chi connectivity index (χ2n) is 7.35. The van der Waals surface area contributed by atoms with E-state index in [2.05, 4.69) is 0 Å². The molecule has 112 valence electrons. The van der Waals surface area contributed by atoms with Gasteiger partial charge >= 0.3 is 5.97 Å². The second kappa shape index (κ2) is 5.15. The highest BCUT2D eigenvalue weighted by Gasteiger charge is 2.53.